The molecule has 0 fully saturated rings. The van der Waals surface area contributed by atoms with Crippen molar-refractivity contribution in [2.45, 2.75) is 12.5 Å². The summed E-state index contributed by atoms with van der Waals surface area (Å²) in [5.74, 6) is 0.209. The number of nitrogens with one attached hydrogen (secondary N) is 2. The van der Waals surface area contributed by atoms with Gasteiger partial charge in [-0.2, -0.15) is 0 Å². The largest absolute Gasteiger partial charge is 0.408 e. The number of hydrogen-bond acceptors (Lipinski definition) is 4. The zero-order valence-corrected chi connectivity index (χ0v) is 7.36. The first-order chi connectivity index (χ1) is 6.81. The van der Waals surface area contributed by atoms with Crippen LogP contribution in [0.25, 0.3) is 0 Å². The Morgan fingerprint density at radius 1 is 1.57 bits per heavy atom. The van der Waals surface area contributed by atoms with Crippen LogP contribution in [0, 0.1) is 5.53 Å². The number of hydrogen-bond donors (Lipinski definition) is 2. The molecule has 1 aromatic carbocycles. The van der Waals surface area contributed by atoms with Crippen molar-refractivity contribution in [3.63, 3.8) is 0 Å². The minimum absolute atomic E-state index is 0.511. The van der Waals surface area contributed by atoms with E-state index in [4.69, 9.17) is 10.4 Å². The predicted octanol–water partition coefficient (Wildman–Crippen LogP) is 1.05. The molecule has 1 aliphatic rings. The van der Waals surface area contributed by atoms with Crippen LogP contribution >= 0.6 is 0 Å². The first-order valence-corrected chi connectivity index (χ1v) is 4.23. The molecule has 0 radical (unpaired) electrons. The lowest BCUT2D eigenvalue weighted by atomic mass is 10.0. The first-order valence-electron chi connectivity index (χ1n) is 4.23. The van der Waals surface area contributed by atoms with Gasteiger partial charge in [0.2, 0.25) is 0 Å². The van der Waals surface area contributed by atoms with Gasteiger partial charge >= 0.3 is 0 Å². The van der Waals surface area contributed by atoms with E-state index in [2.05, 4.69) is 10.6 Å². The van der Waals surface area contributed by atoms with Gasteiger partial charge in [-0.3, -0.25) is 4.79 Å². The van der Waals surface area contributed by atoms with Gasteiger partial charge in [0.25, 0.3) is 5.91 Å². The molecule has 1 atom stereocenters. The number of carbonyl (C=O) groups excluding carboxylic acids is 1. The van der Waals surface area contributed by atoms with Crippen LogP contribution in [-0.4, -0.2) is 11.9 Å². The van der Waals surface area contributed by atoms with Crippen molar-refractivity contribution in [1.29, 1.82) is 5.53 Å². The Labute approximate surface area is 80.5 Å². The highest BCUT2D eigenvalue weighted by Gasteiger charge is 2.24. The van der Waals surface area contributed by atoms with Crippen molar-refractivity contribution in [3.8, 4) is 5.75 Å². The number of rotatable bonds is 1. The monoisotopic (exact) mass is 191 g/mol. The molecule has 2 rings (SSSR count). The molecule has 1 aliphatic heterocycles. The fourth-order valence-electron chi connectivity index (χ4n) is 1.38. The molecule has 14 heavy (non-hydrogen) atoms. The van der Waals surface area contributed by atoms with Gasteiger partial charge in [-0.1, -0.05) is 18.2 Å². The molecule has 2 N–H and O–H groups in total. The van der Waals surface area contributed by atoms with E-state index in [0.29, 0.717) is 6.42 Å². The zero-order valence-electron chi connectivity index (χ0n) is 7.36. The van der Waals surface area contributed by atoms with Crippen LogP contribution < -0.4 is 10.3 Å². The van der Waals surface area contributed by atoms with Gasteiger partial charge in [-0.05, 0) is 11.6 Å². The van der Waals surface area contributed by atoms with E-state index in [-0.39, 0.29) is 0 Å². The van der Waals surface area contributed by atoms with Crippen molar-refractivity contribution in [2.75, 3.05) is 0 Å². The molecular weight excluding hydrogens is 182 g/mol. The normalized spacial score (nSPS) is 19.3. The van der Waals surface area contributed by atoms with E-state index in [9.17, 15) is 4.79 Å². The van der Waals surface area contributed by atoms with E-state index in [1.807, 2.05) is 24.3 Å². The van der Waals surface area contributed by atoms with E-state index in [1.54, 1.807) is 0 Å². The van der Waals surface area contributed by atoms with Gasteiger partial charge in [0.1, 0.15) is 11.8 Å². The minimum atomic E-state index is -0.539. The summed E-state index contributed by atoms with van der Waals surface area (Å²) in [6.45, 7) is 0. The number of hydroxylamine groups is 1. The Morgan fingerprint density at radius 3 is 3.14 bits per heavy atom. The lowest BCUT2D eigenvalue weighted by molar-refractivity contribution is -0.123. The van der Waals surface area contributed by atoms with Gasteiger partial charge in [0, 0.05) is 6.42 Å². The summed E-state index contributed by atoms with van der Waals surface area (Å²) in [4.78, 5) is 16.2. The van der Waals surface area contributed by atoms with Crippen LogP contribution in [0.3, 0.4) is 0 Å². The SMILES string of the molecule is N=NC(=O)C1Cc2ccccc2ON1. The zero-order chi connectivity index (χ0) is 9.97. The van der Waals surface area contributed by atoms with Crippen molar-refractivity contribution in [2.24, 2.45) is 5.11 Å². The Bertz CT molecular complexity index is 378. The standard InChI is InChI=1S/C9H9N3O2/c10-11-9(13)7-5-6-3-1-2-4-8(6)14-12-7/h1-4,7,10,12H,5H2. The number of nitrogens with zero attached hydrogens (tertiary/aromatic N) is 1. The second-order valence-electron chi connectivity index (χ2n) is 3.03. The predicted molar refractivity (Wildman–Crippen MR) is 47.9 cm³/mol. The van der Waals surface area contributed by atoms with Crippen LogP contribution in [0.2, 0.25) is 0 Å². The second-order valence-corrected chi connectivity index (χ2v) is 3.03. The number of carbonyl (C=O) groups is 1. The summed E-state index contributed by atoms with van der Waals surface area (Å²) in [5.41, 5.74) is 10.1. The molecule has 0 saturated carbocycles. The molecule has 5 heteroatoms. The van der Waals surface area contributed by atoms with Crippen molar-refractivity contribution >= 4 is 5.91 Å². The number of fused-ring (bicyclic) bond motifs is 1. The van der Waals surface area contributed by atoms with Crippen LogP contribution in [-0.2, 0) is 11.2 Å². The van der Waals surface area contributed by atoms with Crippen LogP contribution in [0.5, 0.6) is 5.75 Å². The van der Waals surface area contributed by atoms with Crippen LogP contribution in [0.15, 0.2) is 29.4 Å². The summed E-state index contributed by atoms with van der Waals surface area (Å²) in [6.07, 6.45) is 0.511. The molecule has 1 amide bonds. The minimum Gasteiger partial charge on any atom is -0.408 e. The summed E-state index contributed by atoms with van der Waals surface area (Å²) in [7, 11) is 0. The Hall–Kier alpha value is -1.75. The molecule has 0 aromatic heterocycles. The average molecular weight is 191 g/mol. The Balaban J connectivity index is 2.21. The highest BCUT2D eigenvalue weighted by atomic mass is 16.6. The van der Waals surface area contributed by atoms with E-state index >= 15 is 0 Å². The molecule has 1 unspecified atom stereocenters. The Morgan fingerprint density at radius 2 is 2.36 bits per heavy atom. The van der Waals surface area contributed by atoms with Crippen LogP contribution in [0.1, 0.15) is 5.56 Å². The molecule has 5 nitrogen and oxygen atoms in total. The summed E-state index contributed by atoms with van der Waals surface area (Å²) < 4.78 is 0. The molecule has 1 aromatic rings. The van der Waals surface area contributed by atoms with Gasteiger partial charge < -0.3 is 4.84 Å². The van der Waals surface area contributed by atoms with Gasteiger partial charge in [0.05, 0.1) is 0 Å². The lowest BCUT2D eigenvalue weighted by Gasteiger charge is -2.22. The number of amides is 1. The quantitative estimate of drug-likeness (QED) is 0.651. The second kappa shape index (κ2) is 3.55. The molecule has 72 valence electrons. The topological polar surface area (TPSA) is 74.5 Å². The maximum atomic E-state index is 11.1. The number of para-hydroxylation sites is 1. The molecule has 1 heterocycles. The lowest BCUT2D eigenvalue weighted by Crippen LogP contribution is -2.42. The summed E-state index contributed by atoms with van der Waals surface area (Å²) >= 11 is 0. The third-order valence-corrected chi connectivity index (χ3v) is 2.12. The van der Waals surface area contributed by atoms with Gasteiger partial charge in [-0.25, -0.2) is 5.53 Å². The van der Waals surface area contributed by atoms with E-state index < -0.39 is 11.9 Å². The molecule has 0 bridgehead atoms. The van der Waals surface area contributed by atoms with Gasteiger partial charge in [0.15, 0.2) is 0 Å². The van der Waals surface area contributed by atoms with Crippen molar-refractivity contribution in [3.05, 3.63) is 29.8 Å². The molecule has 0 spiro atoms. The maximum absolute atomic E-state index is 11.1. The first kappa shape index (κ1) is 8.83. The molecular formula is C9H9N3O2. The van der Waals surface area contributed by atoms with E-state index in [1.165, 1.54) is 0 Å². The van der Waals surface area contributed by atoms with Gasteiger partial charge in [-0.15, -0.1) is 10.6 Å². The van der Waals surface area contributed by atoms with Crippen molar-refractivity contribution < 1.29 is 9.63 Å². The highest BCUT2D eigenvalue weighted by Crippen LogP contribution is 2.22. The molecule has 0 aliphatic carbocycles. The Kier molecular flexibility index (Phi) is 2.24. The van der Waals surface area contributed by atoms with E-state index in [0.717, 1.165) is 11.3 Å². The fraction of sp³-hybridized carbons (Fsp3) is 0.222. The highest BCUT2D eigenvalue weighted by molar-refractivity contribution is 5.82. The molecule has 0 saturated heterocycles. The maximum Gasteiger partial charge on any atom is 0.284 e. The number of benzene rings is 1. The third kappa shape index (κ3) is 1.49. The summed E-state index contributed by atoms with van der Waals surface area (Å²) in [5, 5.41) is 2.85. The third-order valence-electron chi connectivity index (χ3n) is 2.12. The average Bonchev–Trinajstić information content (AvgIpc) is 2.27. The fourth-order valence-corrected chi connectivity index (χ4v) is 1.38. The van der Waals surface area contributed by atoms with Crippen molar-refractivity contribution in [1.82, 2.24) is 5.48 Å². The summed E-state index contributed by atoms with van der Waals surface area (Å²) in [6, 6.07) is 6.91. The van der Waals surface area contributed by atoms with Crippen LogP contribution in [0.4, 0.5) is 0 Å². The smallest absolute Gasteiger partial charge is 0.284 e.